The lowest BCUT2D eigenvalue weighted by Gasteiger charge is -2.23. The Morgan fingerprint density at radius 3 is 2.48 bits per heavy atom. The van der Waals surface area contributed by atoms with Crippen LogP contribution in [0.5, 0.6) is 0 Å². The van der Waals surface area contributed by atoms with Crippen molar-refractivity contribution in [3.8, 4) is 0 Å². The maximum atomic E-state index is 13.4. The molecule has 29 heavy (non-hydrogen) atoms. The average Bonchev–Trinajstić information content (AvgIpc) is 3.20. The molecule has 9 heteroatoms. The molecule has 158 valence electrons. The summed E-state index contributed by atoms with van der Waals surface area (Å²) in [5.74, 6) is -0.485. The van der Waals surface area contributed by atoms with Crippen LogP contribution in [0.1, 0.15) is 25.7 Å². The number of aliphatic hydroxyl groups is 1. The van der Waals surface area contributed by atoms with Crippen LogP contribution in [0.2, 0.25) is 5.02 Å². The van der Waals surface area contributed by atoms with Crippen LogP contribution in [0.15, 0.2) is 34.5 Å². The van der Waals surface area contributed by atoms with Gasteiger partial charge in [0.2, 0.25) is 0 Å². The number of hydrogen-bond donors (Lipinski definition) is 5. The van der Waals surface area contributed by atoms with Crippen LogP contribution in [-0.2, 0) is 4.79 Å². The topological polar surface area (TPSA) is 140 Å². The molecule has 2 aliphatic carbocycles. The highest BCUT2D eigenvalue weighted by Crippen LogP contribution is 2.52. The second kappa shape index (κ2) is 8.30. The fourth-order valence-electron chi connectivity index (χ4n) is 4.67. The Hall–Kier alpha value is -2.16. The Bertz CT molecular complexity index is 858. The molecule has 2 saturated carbocycles. The summed E-state index contributed by atoms with van der Waals surface area (Å²) in [5, 5.41) is 13.0. The fraction of sp³-hybridized carbons (Fsp3) is 0.500. The summed E-state index contributed by atoms with van der Waals surface area (Å²) in [5.41, 5.74) is 18.1. The van der Waals surface area contributed by atoms with Crippen molar-refractivity contribution in [2.24, 2.45) is 39.9 Å². The number of amidine groups is 1. The number of benzene rings is 1. The van der Waals surface area contributed by atoms with Crippen LogP contribution in [0.3, 0.4) is 0 Å². The van der Waals surface area contributed by atoms with Crippen molar-refractivity contribution in [1.82, 2.24) is 0 Å². The molecule has 2 atom stereocenters. The molecule has 2 unspecified atom stereocenters. The second-order valence-electron chi connectivity index (χ2n) is 8.05. The third-order valence-corrected chi connectivity index (χ3v) is 6.43. The number of hydrogen-bond acceptors (Lipinski definition) is 5. The number of nitrogens with one attached hydrogen (secondary N) is 1. The van der Waals surface area contributed by atoms with Gasteiger partial charge in [-0.05, 0) is 61.6 Å². The van der Waals surface area contributed by atoms with Crippen LogP contribution in [0.4, 0.5) is 10.1 Å². The van der Waals surface area contributed by atoms with E-state index in [4.69, 9.17) is 28.8 Å². The summed E-state index contributed by atoms with van der Waals surface area (Å²) < 4.78 is 13.4. The summed E-state index contributed by atoms with van der Waals surface area (Å²) in [4.78, 5) is 16.8. The van der Waals surface area contributed by atoms with E-state index < -0.39 is 17.3 Å². The number of halogens is 2. The lowest BCUT2D eigenvalue weighted by molar-refractivity contribution is -0.112. The molecule has 2 aliphatic rings. The van der Waals surface area contributed by atoms with E-state index in [1.54, 1.807) is 0 Å². The first-order valence-corrected chi connectivity index (χ1v) is 9.96. The first-order valence-electron chi connectivity index (χ1n) is 9.58. The number of fused-ring (bicyclic) bond motifs is 1. The monoisotopic (exact) mass is 423 g/mol. The molecule has 0 aliphatic heterocycles. The standard InChI is InChI=1S/C20H27ClFN5O2/c1-26-18(25)16(19(28)27-13-2-3-15(22)14(21)6-13)17(24)10-4-11-7-20(29,9-23)8-12(11)5-10/h2-3,6,10-12,29H,4-5,7-9,23-24H2,1H3,(H2,25,26)(H,27,28)/b17-16+. The van der Waals surface area contributed by atoms with E-state index in [0.29, 0.717) is 36.1 Å². The number of nitrogens with two attached hydrogens (primary N) is 3. The molecule has 7 nitrogen and oxygen atoms in total. The van der Waals surface area contributed by atoms with Gasteiger partial charge < -0.3 is 27.6 Å². The Morgan fingerprint density at radius 2 is 1.97 bits per heavy atom. The van der Waals surface area contributed by atoms with Crippen molar-refractivity contribution >= 4 is 29.0 Å². The first kappa shape index (κ1) is 21.5. The zero-order valence-corrected chi connectivity index (χ0v) is 17.0. The van der Waals surface area contributed by atoms with Crippen LogP contribution >= 0.6 is 11.6 Å². The number of amides is 1. The van der Waals surface area contributed by atoms with Gasteiger partial charge in [-0.2, -0.15) is 0 Å². The molecule has 8 N–H and O–H groups in total. The molecule has 0 saturated heterocycles. The summed E-state index contributed by atoms with van der Waals surface area (Å²) >= 11 is 5.78. The van der Waals surface area contributed by atoms with Crippen molar-refractivity contribution in [3.63, 3.8) is 0 Å². The van der Waals surface area contributed by atoms with Crippen molar-refractivity contribution in [3.05, 3.63) is 40.3 Å². The number of anilines is 1. The van der Waals surface area contributed by atoms with Gasteiger partial charge in [0.1, 0.15) is 17.2 Å². The van der Waals surface area contributed by atoms with Crippen molar-refractivity contribution in [2.45, 2.75) is 31.3 Å². The number of carbonyl (C=O) groups is 1. The third-order valence-electron chi connectivity index (χ3n) is 6.14. The Morgan fingerprint density at radius 1 is 1.34 bits per heavy atom. The largest absolute Gasteiger partial charge is 0.401 e. The van der Waals surface area contributed by atoms with Gasteiger partial charge >= 0.3 is 0 Å². The molecule has 0 aromatic heterocycles. The SMILES string of the molecule is CN=C(N)/C(C(=O)Nc1ccc(F)c(Cl)c1)=C(\N)C1CC2CC(O)(CN)CC2C1. The van der Waals surface area contributed by atoms with Crippen LogP contribution in [0, 0.1) is 23.6 Å². The van der Waals surface area contributed by atoms with Gasteiger partial charge in [-0.25, -0.2) is 4.39 Å². The lowest BCUT2D eigenvalue weighted by atomic mass is 9.91. The smallest absolute Gasteiger partial charge is 0.261 e. The predicted molar refractivity (Wildman–Crippen MR) is 112 cm³/mol. The number of rotatable bonds is 5. The van der Waals surface area contributed by atoms with Gasteiger partial charge in [0, 0.05) is 25.0 Å². The van der Waals surface area contributed by atoms with E-state index in [1.165, 1.54) is 25.2 Å². The predicted octanol–water partition coefficient (Wildman–Crippen LogP) is 1.74. The molecule has 0 spiro atoms. The minimum Gasteiger partial charge on any atom is -0.401 e. The van der Waals surface area contributed by atoms with Crippen molar-refractivity contribution < 1.29 is 14.3 Å². The highest BCUT2D eigenvalue weighted by molar-refractivity contribution is 6.31. The summed E-state index contributed by atoms with van der Waals surface area (Å²) in [6, 6.07) is 3.88. The molecule has 1 aromatic carbocycles. The highest BCUT2D eigenvalue weighted by Gasteiger charge is 2.48. The Kier molecular flexibility index (Phi) is 6.16. The number of carbonyl (C=O) groups excluding carboxylic acids is 1. The van der Waals surface area contributed by atoms with Crippen molar-refractivity contribution in [2.75, 3.05) is 18.9 Å². The van der Waals surface area contributed by atoms with Crippen LogP contribution in [-0.4, -0.2) is 36.0 Å². The van der Waals surface area contributed by atoms with E-state index in [-0.39, 0.29) is 28.9 Å². The van der Waals surface area contributed by atoms with Gasteiger partial charge in [-0.15, -0.1) is 0 Å². The second-order valence-corrected chi connectivity index (χ2v) is 8.45. The normalized spacial score (nSPS) is 30.1. The maximum absolute atomic E-state index is 13.4. The lowest BCUT2D eigenvalue weighted by Crippen LogP contribution is -2.36. The number of nitrogens with zero attached hydrogens (tertiary/aromatic N) is 1. The molecule has 3 rings (SSSR count). The highest BCUT2D eigenvalue weighted by atomic mass is 35.5. The zero-order chi connectivity index (χ0) is 21.3. The molecule has 1 amide bonds. The van der Waals surface area contributed by atoms with E-state index in [0.717, 1.165) is 12.8 Å². The summed E-state index contributed by atoms with van der Waals surface area (Å²) in [6.07, 6.45) is 2.81. The molecule has 0 radical (unpaired) electrons. The van der Waals surface area contributed by atoms with Crippen LogP contribution in [0.25, 0.3) is 0 Å². The molecule has 2 fully saturated rings. The minimum absolute atomic E-state index is 0.0312. The van der Waals surface area contributed by atoms with E-state index in [9.17, 15) is 14.3 Å². The minimum atomic E-state index is -0.801. The summed E-state index contributed by atoms with van der Waals surface area (Å²) in [7, 11) is 1.48. The van der Waals surface area contributed by atoms with Crippen molar-refractivity contribution in [1.29, 1.82) is 0 Å². The van der Waals surface area contributed by atoms with E-state index in [2.05, 4.69) is 10.3 Å². The number of allylic oxidation sites excluding steroid dienone is 1. The third kappa shape index (κ3) is 4.39. The fourth-order valence-corrected chi connectivity index (χ4v) is 4.85. The molecular weight excluding hydrogens is 397 g/mol. The summed E-state index contributed by atoms with van der Waals surface area (Å²) in [6.45, 7) is 0.249. The Balaban J connectivity index is 1.81. The average molecular weight is 424 g/mol. The van der Waals surface area contributed by atoms with Gasteiger partial charge in [-0.1, -0.05) is 11.6 Å². The number of aliphatic imine (C=N–C) groups is 1. The van der Waals surface area contributed by atoms with E-state index >= 15 is 0 Å². The molecule has 0 bridgehead atoms. The quantitative estimate of drug-likeness (QED) is 0.279. The zero-order valence-electron chi connectivity index (χ0n) is 16.3. The van der Waals surface area contributed by atoms with Gasteiger partial charge in [0.15, 0.2) is 0 Å². The van der Waals surface area contributed by atoms with Crippen LogP contribution < -0.4 is 22.5 Å². The molecule has 0 heterocycles. The van der Waals surface area contributed by atoms with Gasteiger partial charge in [-0.3, -0.25) is 9.79 Å². The molecular formula is C20H27ClFN5O2. The first-order chi connectivity index (χ1) is 13.7. The maximum Gasteiger partial charge on any atom is 0.261 e. The van der Waals surface area contributed by atoms with E-state index in [1.807, 2.05) is 0 Å². The van der Waals surface area contributed by atoms with Gasteiger partial charge in [0.25, 0.3) is 5.91 Å². The van der Waals surface area contributed by atoms with Gasteiger partial charge in [0.05, 0.1) is 10.6 Å². The molecule has 1 aromatic rings. The Labute approximate surface area is 174 Å².